The van der Waals surface area contributed by atoms with Crippen LogP contribution in [0.2, 0.25) is 0 Å². The number of amides is 2. The molecule has 0 atom stereocenters. The van der Waals surface area contributed by atoms with Gasteiger partial charge in [0, 0.05) is 39.0 Å². The summed E-state index contributed by atoms with van der Waals surface area (Å²) in [7, 11) is 0. The number of aliphatic carboxylic acids is 2. The van der Waals surface area contributed by atoms with Crippen molar-refractivity contribution in [3.05, 3.63) is 35.9 Å². The quantitative estimate of drug-likeness (QED) is 0.115. The summed E-state index contributed by atoms with van der Waals surface area (Å²) >= 11 is 0. The number of rotatable bonds is 22. The Morgan fingerprint density at radius 2 is 1.21 bits per heavy atom. The van der Waals surface area contributed by atoms with Gasteiger partial charge in [0.1, 0.15) is 6.61 Å². The largest absolute Gasteiger partial charge is 0.481 e. The number of hydrogen-bond donors (Lipinski definition) is 4. The zero-order chi connectivity index (χ0) is 28.0. The molecule has 0 aliphatic carbocycles. The number of carbonyl (C=O) groups is 5. The minimum absolute atomic E-state index is 0.0113. The molecule has 0 radical (unpaired) electrons. The maximum Gasteiger partial charge on any atom is 0.320 e. The topological polar surface area (TPSA) is 181 Å². The van der Waals surface area contributed by atoms with Crippen LogP contribution in [-0.2, 0) is 44.8 Å². The van der Waals surface area contributed by atoms with Crippen LogP contribution in [0.1, 0.15) is 31.2 Å². The van der Waals surface area contributed by atoms with Crippen LogP contribution in [0, 0.1) is 0 Å². The molecule has 1 aromatic rings. The number of nitrogens with one attached hydrogen (secondary N) is 2. The molecule has 0 bridgehead atoms. The molecule has 13 nitrogen and oxygen atoms in total. The number of benzene rings is 1. The lowest BCUT2D eigenvalue weighted by Crippen LogP contribution is -2.37. The first-order chi connectivity index (χ1) is 18.3. The van der Waals surface area contributed by atoms with Gasteiger partial charge in [-0.15, -0.1) is 0 Å². The van der Waals surface area contributed by atoms with E-state index in [9.17, 15) is 24.0 Å². The highest BCUT2D eigenvalue weighted by molar-refractivity contribution is 5.81. The maximum atomic E-state index is 12.3. The molecule has 0 aromatic heterocycles. The Kier molecular flexibility index (Phi) is 17.5. The minimum atomic E-state index is -1.04. The van der Waals surface area contributed by atoms with Crippen molar-refractivity contribution in [3.63, 3.8) is 0 Å². The van der Waals surface area contributed by atoms with Crippen molar-refractivity contribution in [3.8, 4) is 0 Å². The van der Waals surface area contributed by atoms with Crippen LogP contribution in [-0.4, -0.2) is 104 Å². The van der Waals surface area contributed by atoms with Gasteiger partial charge in [0.25, 0.3) is 0 Å². The zero-order valence-electron chi connectivity index (χ0n) is 21.4. The molecule has 0 saturated heterocycles. The number of carbonyl (C=O) groups excluding carboxylic acids is 3. The first-order valence-electron chi connectivity index (χ1n) is 12.3. The third kappa shape index (κ3) is 18.7. The molecule has 4 N–H and O–H groups in total. The molecule has 2 amide bonds. The molecule has 0 unspecified atom stereocenters. The van der Waals surface area contributed by atoms with Crippen LogP contribution in [0.4, 0.5) is 0 Å². The fraction of sp³-hybridized carbons (Fsp3) is 0.560. The molecule has 0 spiro atoms. The Labute approximate surface area is 221 Å². The molecule has 212 valence electrons. The second-order valence-electron chi connectivity index (χ2n) is 8.13. The predicted octanol–water partition coefficient (Wildman–Crippen LogP) is 0.0270. The highest BCUT2D eigenvalue weighted by Gasteiger charge is 2.13. The number of esters is 1. The van der Waals surface area contributed by atoms with Crippen molar-refractivity contribution in [2.24, 2.45) is 0 Å². The molecule has 0 fully saturated rings. The van der Waals surface area contributed by atoms with E-state index in [4.69, 9.17) is 24.4 Å². The fourth-order valence-corrected chi connectivity index (χ4v) is 2.97. The van der Waals surface area contributed by atoms with E-state index in [1.165, 1.54) is 0 Å². The highest BCUT2D eigenvalue weighted by atomic mass is 16.5. The summed E-state index contributed by atoms with van der Waals surface area (Å²) in [5, 5.41) is 22.3. The summed E-state index contributed by atoms with van der Waals surface area (Å²) < 4.78 is 16.4. The van der Waals surface area contributed by atoms with Crippen LogP contribution >= 0.6 is 0 Å². The van der Waals surface area contributed by atoms with Gasteiger partial charge in [0.15, 0.2) is 0 Å². The Morgan fingerprint density at radius 3 is 1.68 bits per heavy atom. The summed E-state index contributed by atoms with van der Waals surface area (Å²) in [5.41, 5.74) is 0.870. The van der Waals surface area contributed by atoms with Crippen LogP contribution in [0.15, 0.2) is 30.3 Å². The number of carboxylic acids is 2. The normalized spacial score (nSPS) is 10.7. The third-order valence-electron chi connectivity index (χ3n) is 4.97. The van der Waals surface area contributed by atoms with Crippen molar-refractivity contribution < 1.29 is 48.4 Å². The first-order valence-corrected chi connectivity index (χ1v) is 12.3. The van der Waals surface area contributed by atoms with Gasteiger partial charge in [0.2, 0.25) is 11.8 Å². The van der Waals surface area contributed by atoms with E-state index in [0.717, 1.165) is 5.56 Å². The van der Waals surface area contributed by atoms with Crippen molar-refractivity contribution in [1.29, 1.82) is 0 Å². The Bertz CT molecular complexity index is 824. The van der Waals surface area contributed by atoms with E-state index >= 15 is 0 Å². The third-order valence-corrected chi connectivity index (χ3v) is 4.97. The number of ether oxygens (including phenoxy) is 3. The Hall–Kier alpha value is -3.55. The van der Waals surface area contributed by atoms with Crippen LogP contribution in [0.25, 0.3) is 0 Å². The van der Waals surface area contributed by atoms with E-state index in [1.807, 2.05) is 30.3 Å². The summed E-state index contributed by atoms with van der Waals surface area (Å²) in [6, 6.07) is 9.29. The van der Waals surface area contributed by atoms with Gasteiger partial charge in [-0.25, -0.2) is 0 Å². The summed E-state index contributed by atoms with van der Waals surface area (Å²) in [5.74, 6) is -3.22. The molecule has 1 aromatic carbocycles. The highest BCUT2D eigenvalue weighted by Crippen LogP contribution is 2.02. The molecule has 38 heavy (non-hydrogen) atoms. The van der Waals surface area contributed by atoms with Crippen LogP contribution < -0.4 is 10.6 Å². The number of hydrogen-bond acceptors (Lipinski definition) is 9. The van der Waals surface area contributed by atoms with E-state index < -0.39 is 17.9 Å². The first kappa shape index (κ1) is 32.5. The standard InChI is InChI=1S/C25H37N3O10/c29-21(6-8-23(31)32)26-10-14-36-16-12-28(18-25(35)38-19-20-4-2-1-3-5-20)13-17-37-15-11-27-22(30)7-9-24(33)34/h1-5H,6-19H2,(H,26,29)(H,27,30)(H,31,32)(H,33,34). The molecule has 1 rings (SSSR count). The van der Waals surface area contributed by atoms with Crippen molar-refractivity contribution in [2.75, 3.05) is 59.2 Å². The Morgan fingerprint density at radius 1 is 0.711 bits per heavy atom. The predicted molar refractivity (Wildman–Crippen MR) is 134 cm³/mol. The molecular weight excluding hydrogens is 502 g/mol. The SMILES string of the molecule is O=C(O)CCC(=O)NCCOCCN(CCOCCNC(=O)CCC(=O)O)CC(=O)OCc1ccccc1. The molecule has 0 heterocycles. The summed E-state index contributed by atoms with van der Waals surface area (Å²) in [6.45, 7) is 2.42. The van der Waals surface area contributed by atoms with Crippen LogP contribution in [0.3, 0.4) is 0 Å². The number of nitrogens with zero attached hydrogens (tertiary/aromatic N) is 1. The van der Waals surface area contributed by atoms with Crippen molar-refractivity contribution in [2.45, 2.75) is 32.3 Å². The van der Waals surface area contributed by atoms with E-state index in [0.29, 0.717) is 13.1 Å². The fourth-order valence-electron chi connectivity index (χ4n) is 2.97. The van der Waals surface area contributed by atoms with Gasteiger partial charge in [-0.3, -0.25) is 28.9 Å². The lowest BCUT2D eigenvalue weighted by atomic mass is 10.2. The second kappa shape index (κ2) is 20.5. The minimum Gasteiger partial charge on any atom is -0.481 e. The second-order valence-corrected chi connectivity index (χ2v) is 8.13. The lowest BCUT2D eigenvalue weighted by molar-refractivity contribution is -0.146. The van der Waals surface area contributed by atoms with Crippen molar-refractivity contribution in [1.82, 2.24) is 15.5 Å². The van der Waals surface area contributed by atoms with E-state index in [-0.39, 0.29) is 90.2 Å². The molecular formula is C25H37N3O10. The van der Waals surface area contributed by atoms with E-state index in [2.05, 4.69) is 10.6 Å². The average Bonchev–Trinajstić information content (AvgIpc) is 2.89. The Balaban J connectivity index is 2.33. The maximum absolute atomic E-state index is 12.3. The van der Waals surface area contributed by atoms with Gasteiger partial charge < -0.3 is 35.1 Å². The monoisotopic (exact) mass is 539 g/mol. The molecule has 0 aliphatic heterocycles. The molecule has 13 heteroatoms. The zero-order valence-corrected chi connectivity index (χ0v) is 21.4. The van der Waals surface area contributed by atoms with E-state index in [1.54, 1.807) is 4.90 Å². The van der Waals surface area contributed by atoms with Gasteiger partial charge in [0.05, 0.1) is 45.8 Å². The van der Waals surface area contributed by atoms with Gasteiger partial charge in [-0.1, -0.05) is 30.3 Å². The van der Waals surface area contributed by atoms with Crippen LogP contribution in [0.5, 0.6) is 0 Å². The summed E-state index contributed by atoms with van der Waals surface area (Å²) in [4.78, 5) is 58.1. The van der Waals surface area contributed by atoms with Gasteiger partial charge in [-0.05, 0) is 5.56 Å². The average molecular weight is 540 g/mol. The van der Waals surface area contributed by atoms with Gasteiger partial charge in [-0.2, -0.15) is 0 Å². The summed E-state index contributed by atoms with van der Waals surface area (Å²) in [6.07, 6.45) is -0.664. The molecule has 0 saturated carbocycles. The smallest absolute Gasteiger partial charge is 0.320 e. The molecule has 0 aliphatic rings. The van der Waals surface area contributed by atoms with Crippen molar-refractivity contribution >= 4 is 29.7 Å². The number of carboxylic acid groups (broad SMARTS) is 2. The lowest BCUT2D eigenvalue weighted by Gasteiger charge is -2.21. The van der Waals surface area contributed by atoms with Gasteiger partial charge >= 0.3 is 17.9 Å².